The van der Waals surface area contributed by atoms with Crippen molar-refractivity contribution in [3.8, 4) is 5.75 Å². The van der Waals surface area contributed by atoms with Gasteiger partial charge in [-0.05, 0) is 49.1 Å². The smallest absolute Gasteiger partial charge is 0.336 e. The molecule has 2 N–H and O–H groups in total. The Kier molecular flexibility index (Phi) is 6.55. The normalized spacial score (nSPS) is 18.8. The van der Waals surface area contributed by atoms with Crippen molar-refractivity contribution in [2.75, 3.05) is 19.9 Å². The van der Waals surface area contributed by atoms with Crippen LogP contribution in [0.4, 0.5) is 0 Å². The van der Waals surface area contributed by atoms with E-state index in [-0.39, 0.29) is 22.5 Å². The van der Waals surface area contributed by atoms with Gasteiger partial charge in [-0.15, -0.1) is 0 Å². The van der Waals surface area contributed by atoms with Crippen LogP contribution in [-0.2, 0) is 16.4 Å². The van der Waals surface area contributed by atoms with Crippen LogP contribution in [0.25, 0.3) is 10.9 Å². The molecule has 0 radical (unpaired) electrons. The molecule has 194 valence electrons. The molecular weight excluding hydrogens is 492 g/mol. The summed E-state index contributed by atoms with van der Waals surface area (Å²) in [6, 6.07) is 10.9. The molecule has 2 aromatic heterocycles. The maximum atomic E-state index is 12.1. The number of fused-ring (bicyclic) bond motifs is 1. The van der Waals surface area contributed by atoms with Crippen LogP contribution in [-0.4, -0.2) is 59.1 Å². The fourth-order valence-corrected chi connectivity index (χ4v) is 5.96. The van der Waals surface area contributed by atoms with Crippen LogP contribution < -0.4 is 4.74 Å². The quantitative estimate of drug-likeness (QED) is 0.370. The molecule has 0 saturated carbocycles. The summed E-state index contributed by atoms with van der Waals surface area (Å²) in [5.74, 6) is -0.182. The SMILES string of the molecule is COc1cc(C)c2[nH]ccc2c1CN1CC[C@@H](n2cc(S(C)(=O)=O)cn2)C[C@@H]1c1ccccc1C(=O)O. The molecule has 1 aliphatic heterocycles. The van der Waals surface area contributed by atoms with E-state index in [9.17, 15) is 18.3 Å². The van der Waals surface area contributed by atoms with Crippen molar-refractivity contribution in [2.24, 2.45) is 0 Å². The van der Waals surface area contributed by atoms with E-state index in [4.69, 9.17) is 4.74 Å². The van der Waals surface area contributed by atoms with Crippen LogP contribution >= 0.6 is 0 Å². The second-order valence-electron chi connectivity index (χ2n) is 9.63. The van der Waals surface area contributed by atoms with E-state index in [1.165, 1.54) is 12.5 Å². The number of likely N-dealkylation sites (tertiary alicyclic amines) is 1. The van der Waals surface area contributed by atoms with Crippen LogP contribution in [0.3, 0.4) is 0 Å². The van der Waals surface area contributed by atoms with E-state index in [0.29, 0.717) is 19.5 Å². The molecule has 1 saturated heterocycles. The fraction of sp³-hybridized carbons (Fsp3) is 0.333. The number of aromatic nitrogens is 3. The van der Waals surface area contributed by atoms with Gasteiger partial charge in [-0.2, -0.15) is 5.10 Å². The van der Waals surface area contributed by atoms with Crippen molar-refractivity contribution in [2.45, 2.75) is 43.3 Å². The van der Waals surface area contributed by atoms with Gasteiger partial charge in [0.1, 0.15) is 10.6 Å². The van der Waals surface area contributed by atoms with Crippen molar-refractivity contribution in [3.63, 3.8) is 0 Å². The summed E-state index contributed by atoms with van der Waals surface area (Å²) in [7, 11) is -1.71. The molecule has 3 heterocycles. The lowest BCUT2D eigenvalue weighted by Gasteiger charge is -2.40. The van der Waals surface area contributed by atoms with Gasteiger partial charge in [0.25, 0.3) is 0 Å². The third-order valence-corrected chi connectivity index (χ3v) is 8.38. The van der Waals surface area contributed by atoms with Crippen molar-refractivity contribution in [3.05, 3.63) is 77.2 Å². The molecule has 2 atom stereocenters. The van der Waals surface area contributed by atoms with Crippen molar-refractivity contribution in [1.29, 1.82) is 0 Å². The number of carboxylic acid groups (broad SMARTS) is 1. The number of hydrogen-bond acceptors (Lipinski definition) is 6. The predicted molar refractivity (Wildman–Crippen MR) is 140 cm³/mol. The Bertz CT molecular complexity index is 1570. The Morgan fingerprint density at radius 3 is 2.76 bits per heavy atom. The maximum Gasteiger partial charge on any atom is 0.336 e. The van der Waals surface area contributed by atoms with E-state index >= 15 is 0 Å². The molecule has 1 fully saturated rings. The minimum Gasteiger partial charge on any atom is -0.496 e. The zero-order valence-electron chi connectivity index (χ0n) is 21.0. The van der Waals surface area contributed by atoms with Gasteiger partial charge in [-0.1, -0.05) is 18.2 Å². The maximum absolute atomic E-state index is 12.1. The number of hydrogen-bond donors (Lipinski definition) is 2. The number of piperidine rings is 1. The summed E-state index contributed by atoms with van der Waals surface area (Å²) >= 11 is 0. The van der Waals surface area contributed by atoms with Gasteiger partial charge >= 0.3 is 5.97 Å². The Morgan fingerprint density at radius 2 is 2.05 bits per heavy atom. The monoisotopic (exact) mass is 522 g/mol. The van der Waals surface area contributed by atoms with E-state index in [2.05, 4.69) is 15.0 Å². The predicted octanol–water partition coefficient (Wildman–Crippen LogP) is 4.36. The minimum atomic E-state index is -3.37. The van der Waals surface area contributed by atoms with Gasteiger partial charge in [-0.25, -0.2) is 13.2 Å². The molecule has 9 nitrogen and oxygen atoms in total. The van der Waals surface area contributed by atoms with Crippen molar-refractivity contribution < 1.29 is 23.1 Å². The number of aromatic carboxylic acids is 1. The van der Waals surface area contributed by atoms with Gasteiger partial charge in [-0.3, -0.25) is 9.58 Å². The molecule has 10 heteroatoms. The topological polar surface area (TPSA) is 118 Å². The second-order valence-corrected chi connectivity index (χ2v) is 11.6. The molecule has 0 aliphatic carbocycles. The van der Waals surface area contributed by atoms with Gasteiger partial charge in [0.05, 0.1) is 24.9 Å². The zero-order valence-corrected chi connectivity index (χ0v) is 21.8. The number of carboxylic acids is 1. The van der Waals surface area contributed by atoms with E-state index in [0.717, 1.165) is 39.8 Å². The first-order chi connectivity index (χ1) is 17.7. The lowest BCUT2D eigenvalue weighted by atomic mass is 9.88. The number of ether oxygens (including phenoxy) is 1. The molecule has 0 unspecified atom stereocenters. The Balaban J connectivity index is 1.55. The van der Waals surface area contributed by atoms with Gasteiger partial charge in [0, 0.05) is 54.2 Å². The third-order valence-electron chi connectivity index (χ3n) is 7.31. The number of benzene rings is 2. The first-order valence-corrected chi connectivity index (χ1v) is 14.0. The Labute approximate surface area is 215 Å². The van der Waals surface area contributed by atoms with Crippen molar-refractivity contribution >= 4 is 26.7 Å². The van der Waals surface area contributed by atoms with Gasteiger partial charge < -0.3 is 14.8 Å². The fourth-order valence-electron chi connectivity index (χ4n) is 5.43. The summed E-state index contributed by atoms with van der Waals surface area (Å²) in [6.45, 7) is 3.27. The van der Waals surface area contributed by atoms with E-state index < -0.39 is 15.8 Å². The van der Waals surface area contributed by atoms with E-state index in [1.807, 2.05) is 37.4 Å². The first-order valence-electron chi connectivity index (χ1n) is 12.1. The summed E-state index contributed by atoms with van der Waals surface area (Å²) in [5.41, 5.74) is 4.18. The summed E-state index contributed by atoms with van der Waals surface area (Å²) in [6.07, 6.45) is 7.35. The first kappa shape index (κ1) is 25.0. The number of carbonyl (C=O) groups is 1. The average molecular weight is 523 g/mol. The highest BCUT2D eigenvalue weighted by Crippen LogP contribution is 2.41. The van der Waals surface area contributed by atoms with Crippen LogP contribution in [0, 0.1) is 6.92 Å². The lowest BCUT2D eigenvalue weighted by molar-refractivity contribution is 0.0682. The number of aromatic amines is 1. The highest BCUT2D eigenvalue weighted by atomic mass is 32.2. The number of rotatable bonds is 7. The largest absolute Gasteiger partial charge is 0.496 e. The Hall–Kier alpha value is -3.63. The number of nitrogens with zero attached hydrogens (tertiary/aromatic N) is 3. The van der Waals surface area contributed by atoms with Crippen LogP contribution in [0.1, 0.15) is 52.0 Å². The number of aryl methyl sites for hydroxylation is 1. The number of sulfone groups is 1. The Morgan fingerprint density at radius 1 is 1.27 bits per heavy atom. The molecule has 2 aromatic carbocycles. The third kappa shape index (κ3) is 4.74. The summed E-state index contributed by atoms with van der Waals surface area (Å²) < 4.78 is 31.5. The highest BCUT2D eigenvalue weighted by molar-refractivity contribution is 7.90. The molecule has 37 heavy (non-hydrogen) atoms. The highest BCUT2D eigenvalue weighted by Gasteiger charge is 2.34. The minimum absolute atomic E-state index is 0.0780. The van der Waals surface area contributed by atoms with Crippen LogP contribution in [0.2, 0.25) is 0 Å². The average Bonchev–Trinajstić information content (AvgIpc) is 3.56. The molecule has 0 amide bonds. The molecule has 1 aliphatic rings. The molecule has 5 rings (SSSR count). The van der Waals surface area contributed by atoms with Crippen molar-refractivity contribution in [1.82, 2.24) is 19.7 Å². The molecular formula is C27H30N4O5S. The number of nitrogens with one attached hydrogen (secondary N) is 1. The number of methoxy groups -OCH3 is 1. The second kappa shape index (κ2) is 9.68. The number of H-pyrrole nitrogens is 1. The van der Waals surface area contributed by atoms with Crippen LogP contribution in [0.15, 0.2) is 59.9 Å². The lowest BCUT2D eigenvalue weighted by Crippen LogP contribution is -2.38. The standard InChI is InChI=1S/C27H30N4O5S/c1-17-12-25(36-2)23(21-8-10-28-26(17)21)16-30-11-9-18(31-15-19(14-29-31)37(3,34)35)13-24(30)20-6-4-5-7-22(20)27(32)33/h4-8,10,12,14-15,18,24,28H,9,11,13,16H2,1-3H3,(H,32,33)/t18-,24-/m1/s1. The van der Waals surface area contributed by atoms with Crippen LogP contribution in [0.5, 0.6) is 5.75 Å². The molecule has 4 aromatic rings. The van der Waals surface area contributed by atoms with Gasteiger partial charge in [0.2, 0.25) is 0 Å². The summed E-state index contributed by atoms with van der Waals surface area (Å²) in [5, 5.41) is 15.4. The van der Waals surface area contributed by atoms with E-state index in [1.54, 1.807) is 30.1 Å². The summed E-state index contributed by atoms with van der Waals surface area (Å²) in [4.78, 5) is 17.9. The molecule has 0 bridgehead atoms. The van der Waals surface area contributed by atoms with Gasteiger partial charge in [0.15, 0.2) is 9.84 Å². The zero-order chi connectivity index (χ0) is 26.3. The molecule has 0 spiro atoms.